The zero-order valence-electron chi connectivity index (χ0n) is 17.0. The lowest BCUT2D eigenvalue weighted by Crippen LogP contribution is -2.03. The zero-order chi connectivity index (χ0) is 20.1. The highest BCUT2D eigenvalue weighted by Crippen LogP contribution is 2.39. The van der Waals surface area contributed by atoms with Crippen molar-refractivity contribution >= 4 is 28.8 Å². The molecule has 0 radical (unpaired) electrons. The summed E-state index contributed by atoms with van der Waals surface area (Å²) < 4.78 is 2.04. The molecule has 1 aromatic heterocycles. The van der Waals surface area contributed by atoms with Gasteiger partial charge >= 0.3 is 5.97 Å². The van der Waals surface area contributed by atoms with Gasteiger partial charge in [0.2, 0.25) is 0 Å². The second kappa shape index (κ2) is 8.85. The van der Waals surface area contributed by atoms with Gasteiger partial charge in [-0.3, -0.25) is 4.99 Å². The van der Waals surface area contributed by atoms with Crippen molar-refractivity contribution in [2.45, 2.75) is 52.9 Å². The van der Waals surface area contributed by atoms with E-state index in [0.29, 0.717) is 17.2 Å². The van der Waals surface area contributed by atoms with Crippen LogP contribution >= 0.6 is 0 Å². The Morgan fingerprint density at radius 2 is 2.07 bits per heavy atom. The summed E-state index contributed by atoms with van der Waals surface area (Å²) in [7, 11) is 1.97. The number of aryl methyl sites for hydroxylation is 1. The molecule has 1 atom stereocenters. The molecule has 0 aliphatic rings. The first-order valence-electron chi connectivity index (χ1n) is 9.57. The van der Waals surface area contributed by atoms with Crippen molar-refractivity contribution in [3.05, 3.63) is 53.2 Å². The molecule has 0 fully saturated rings. The molecule has 0 bridgehead atoms. The Balaban J connectivity index is 2.75. The van der Waals surface area contributed by atoms with E-state index < -0.39 is 5.97 Å². The van der Waals surface area contributed by atoms with E-state index in [1.165, 1.54) is 5.56 Å². The number of carboxylic acid groups (broad SMARTS) is 1. The molecule has 2 rings (SSSR count). The summed E-state index contributed by atoms with van der Waals surface area (Å²) in [5.74, 6) is -0.526. The monoisotopic (exact) mass is 366 g/mol. The quantitative estimate of drug-likeness (QED) is 0.567. The maximum Gasteiger partial charge on any atom is 0.335 e. The summed E-state index contributed by atoms with van der Waals surface area (Å²) in [5, 5.41) is 10.5. The minimum absolute atomic E-state index is 0.295. The molecule has 1 aromatic carbocycles. The smallest absolute Gasteiger partial charge is 0.335 e. The fraction of sp³-hybridized carbons (Fsp3) is 0.391. The Bertz CT molecular complexity index is 916. The van der Waals surface area contributed by atoms with Gasteiger partial charge in [-0.1, -0.05) is 39.0 Å². The van der Waals surface area contributed by atoms with Gasteiger partial charge in [0.25, 0.3) is 0 Å². The topological polar surface area (TPSA) is 54.6 Å². The molecule has 27 heavy (non-hydrogen) atoms. The van der Waals surface area contributed by atoms with Crippen molar-refractivity contribution < 1.29 is 9.90 Å². The number of hydrogen-bond donors (Lipinski definition) is 1. The summed E-state index contributed by atoms with van der Waals surface area (Å²) in [5.41, 5.74) is 5.21. The lowest BCUT2D eigenvalue weighted by Gasteiger charge is -2.17. The van der Waals surface area contributed by atoms with Crippen LogP contribution < -0.4 is 0 Å². The van der Waals surface area contributed by atoms with Gasteiger partial charge in [-0.2, -0.15) is 0 Å². The third-order valence-electron chi connectivity index (χ3n) is 5.18. The second-order valence-corrected chi connectivity index (χ2v) is 6.99. The minimum Gasteiger partial charge on any atom is -0.478 e. The summed E-state index contributed by atoms with van der Waals surface area (Å²) in [4.78, 5) is 16.0. The minimum atomic E-state index is -0.914. The van der Waals surface area contributed by atoms with Gasteiger partial charge < -0.3 is 9.67 Å². The molecule has 0 saturated heterocycles. The van der Waals surface area contributed by atoms with Crippen LogP contribution in [-0.4, -0.2) is 21.9 Å². The van der Waals surface area contributed by atoms with Gasteiger partial charge in [0.1, 0.15) is 0 Å². The number of allylic oxidation sites excluding steroid dienone is 2. The van der Waals surface area contributed by atoms with Crippen molar-refractivity contribution in [3.8, 4) is 0 Å². The van der Waals surface area contributed by atoms with Crippen molar-refractivity contribution in [2.75, 3.05) is 0 Å². The highest BCUT2D eigenvalue weighted by molar-refractivity contribution is 5.97. The third-order valence-corrected chi connectivity index (χ3v) is 5.18. The molecule has 4 heteroatoms. The summed E-state index contributed by atoms with van der Waals surface area (Å²) >= 11 is 0. The van der Waals surface area contributed by atoms with Gasteiger partial charge in [-0.25, -0.2) is 4.79 Å². The van der Waals surface area contributed by atoms with Crippen LogP contribution in [0.3, 0.4) is 0 Å². The third kappa shape index (κ3) is 4.21. The molecule has 1 heterocycles. The first-order valence-corrected chi connectivity index (χ1v) is 9.57. The Kier molecular flexibility index (Phi) is 6.78. The lowest BCUT2D eigenvalue weighted by molar-refractivity contribution is 0.0697. The Labute approximate surface area is 161 Å². The Morgan fingerprint density at radius 1 is 1.37 bits per heavy atom. The Hall–Kier alpha value is -2.62. The highest BCUT2D eigenvalue weighted by Gasteiger charge is 2.23. The van der Waals surface area contributed by atoms with Crippen LogP contribution in [0.2, 0.25) is 0 Å². The molecule has 0 spiro atoms. The van der Waals surface area contributed by atoms with Crippen LogP contribution in [0.4, 0.5) is 0 Å². The van der Waals surface area contributed by atoms with Crippen LogP contribution in [0.1, 0.15) is 74.5 Å². The number of aromatic nitrogens is 1. The van der Waals surface area contributed by atoms with Gasteiger partial charge in [0, 0.05) is 24.2 Å². The van der Waals surface area contributed by atoms with Crippen LogP contribution in [0, 0.1) is 0 Å². The summed E-state index contributed by atoms with van der Waals surface area (Å²) in [6.45, 7) is 12.6. The number of fused-ring (bicyclic) bond motifs is 1. The molecule has 1 N–H and O–H groups in total. The van der Waals surface area contributed by atoms with E-state index in [9.17, 15) is 9.90 Å². The SMILES string of the molecule is C=C(N=C/C(C)=C\C)c1c(C(CC)CCC)c2ccc(C(=O)O)cc2n1C. The van der Waals surface area contributed by atoms with E-state index in [1.54, 1.807) is 12.1 Å². The van der Waals surface area contributed by atoms with E-state index in [4.69, 9.17) is 0 Å². The van der Waals surface area contributed by atoms with E-state index in [1.807, 2.05) is 43.8 Å². The van der Waals surface area contributed by atoms with Crippen LogP contribution in [0.25, 0.3) is 16.6 Å². The number of carboxylic acids is 1. The summed E-state index contributed by atoms with van der Waals surface area (Å²) in [6.07, 6.45) is 7.02. The molecule has 144 valence electrons. The Morgan fingerprint density at radius 3 is 2.63 bits per heavy atom. The molecule has 0 saturated carbocycles. The van der Waals surface area contributed by atoms with Gasteiger partial charge in [0.05, 0.1) is 17.0 Å². The number of hydrogen-bond acceptors (Lipinski definition) is 2. The molecular weight excluding hydrogens is 336 g/mol. The first-order chi connectivity index (χ1) is 12.8. The first kappa shape index (κ1) is 20.7. The highest BCUT2D eigenvalue weighted by atomic mass is 16.4. The van der Waals surface area contributed by atoms with E-state index in [2.05, 4.69) is 25.4 Å². The van der Waals surface area contributed by atoms with Crippen LogP contribution in [0.5, 0.6) is 0 Å². The number of aromatic carboxylic acids is 1. The van der Waals surface area contributed by atoms with Gasteiger partial charge in [-0.15, -0.1) is 0 Å². The maximum absolute atomic E-state index is 11.4. The predicted molar refractivity (Wildman–Crippen MR) is 115 cm³/mol. The van der Waals surface area contributed by atoms with Crippen molar-refractivity contribution in [1.29, 1.82) is 0 Å². The standard InChI is InChI=1S/C23H30N2O2/c1-7-10-17(9-3)21-19-12-11-18(23(26)27)13-20(19)25(6)22(21)16(5)24-14-15(4)8-2/h8,11-14,17H,5,7,9-10H2,1-4,6H3,(H,26,27)/b15-8-,24-14?. The number of benzene rings is 1. The van der Waals surface area contributed by atoms with E-state index >= 15 is 0 Å². The maximum atomic E-state index is 11.4. The fourth-order valence-electron chi connectivity index (χ4n) is 3.58. The number of carbonyl (C=O) groups is 1. The van der Waals surface area contributed by atoms with Crippen LogP contribution in [0.15, 0.2) is 41.4 Å². The number of aliphatic imine (C=N–C) groups is 1. The normalized spacial score (nSPS) is 13.4. The second-order valence-electron chi connectivity index (χ2n) is 6.99. The average molecular weight is 367 g/mol. The molecule has 4 nitrogen and oxygen atoms in total. The van der Waals surface area contributed by atoms with Crippen molar-refractivity contribution in [1.82, 2.24) is 4.57 Å². The van der Waals surface area contributed by atoms with Gasteiger partial charge in [0.15, 0.2) is 0 Å². The fourth-order valence-corrected chi connectivity index (χ4v) is 3.58. The molecule has 2 aromatic rings. The molecule has 0 amide bonds. The molecule has 1 unspecified atom stereocenters. The predicted octanol–water partition coefficient (Wildman–Crippen LogP) is 6.18. The van der Waals surface area contributed by atoms with Crippen molar-refractivity contribution in [2.24, 2.45) is 12.0 Å². The molecular formula is C23H30N2O2. The molecule has 0 aliphatic carbocycles. The largest absolute Gasteiger partial charge is 0.478 e. The summed E-state index contributed by atoms with van der Waals surface area (Å²) in [6, 6.07) is 5.37. The number of nitrogens with zero attached hydrogens (tertiary/aromatic N) is 2. The van der Waals surface area contributed by atoms with E-state index in [-0.39, 0.29) is 0 Å². The molecule has 0 aliphatic heterocycles. The van der Waals surface area contributed by atoms with E-state index in [0.717, 1.165) is 41.4 Å². The lowest BCUT2D eigenvalue weighted by atomic mass is 9.89. The number of rotatable bonds is 8. The van der Waals surface area contributed by atoms with Crippen LogP contribution in [-0.2, 0) is 7.05 Å². The zero-order valence-corrected chi connectivity index (χ0v) is 17.0. The van der Waals surface area contributed by atoms with Gasteiger partial charge in [-0.05, 0) is 55.9 Å². The average Bonchev–Trinajstić information content (AvgIpc) is 2.95. The van der Waals surface area contributed by atoms with Crippen molar-refractivity contribution in [3.63, 3.8) is 0 Å².